The van der Waals surface area contributed by atoms with Gasteiger partial charge in [0.1, 0.15) is 0 Å². The maximum atomic E-state index is 2.39. The van der Waals surface area contributed by atoms with Crippen molar-refractivity contribution in [2.45, 2.75) is 34.1 Å². The number of hydrogen-bond acceptors (Lipinski definition) is 0. The molecule has 0 N–H and O–H groups in total. The molecule has 2 saturated carbocycles. The summed E-state index contributed by atoms with van der Waals surface area (Å²) >= 11 is 0. The van der Waals surface area contributed by atoms with Gasteiger partial charge in [0.15, 0.2) is 0 Å². The first-order chi connectivity index (χ1) is 4.54. The molecule has 0 bridgehead atoms. The molecule has 0 nitrogen and oxygen atoms in total. The van der Waals surface area contributed by atoms with E-state index in [1.54, 1.807) is 0 Å². The topological polar surface area (TPSA) is 0 Å². The van der Waals surface area contributed by atoms with Crippen molar-refractivity contribution in [1.29, 1.82) is 0 Å². The van der Waals surface area contributed by atoms with Gasteiger partial charge in [0.2, 0.25) is 0 Å². The van der Waals surface area contributed by atoms with Gasteiger partial charge in [-0.3, -0.25) is 0 Å². The van der Waals surface area contributed by atoms with Gasteiger partial charge in [0.05, 0.1) is 0 Å². The second kappa shape index (κ2) is 1.60. The lowest BCUT2D eigenvalue weighted by Gasteiger charge is -1.99. The maximum absolute atomic E-state index is 2.39. The molecule has 0 saturated heterocycles. The molecule has 3 atom stereocenters. The van der Waals surface area contributed by atoms with E-state index in [0.717, 1.165) is 17.8 Å². The second-order valence-electron chi connectivity index (χ2n) is 4.82. The Hall–Kier alpha value is 0. The Morgan fingerprint density at radius 2 is 1.60 bits per heavy atom. The molecule has 3 unspecified atom stereocenters. The third kappa shape index (κ3) is 0.741. The van der Waals surface area contributed by atoms with Crippen LogP contribution in [0.5, 0.6) is 0 Å². The zero-order valence-corrected chi connectivity index (χ0v) is 7.44. The van der Waals surface area contributed by atoms with Crippen molar-refractivity contribution in [3.05, 3.63) is 5.92 Å². The molecule has 0 heteroatoms. The third-order valence-electron chi connectivity index (χ3n) is 3.61. The summed E-state index contributed by atoms with van der Waals surface area (Å²) in [4.78, 5) is 0. The summed E-state index contributed by atoms with van der Waals surface area (Å²) in [6.45, 7) is 9.52. The highest BCUT2D eigenvalue weighted by Crippen LogP contribution is 2.68. The highest BCUT2D eigenvalue weighted by Gasteiger charge is 2.60. The normalized spacial score (nSPS) is 51.0. The summed E-state index contributed by atoms with van der Waals surface area (Å²) in [6, 6.07) is 0. The third-order valence-corrected chi connectivity index (χ3v) is 3.61. The number of rotatable bonds is 1. The highest BCUT2D eigenvalue weighted by atomic mass is 14.6. The van der Waals surface area contributed by atoms with Gasteiger partial charge in [-0.05, 0) is 35.5 Å². The minimum Gasteiger partial charge on any atom is -0.0617 e. The predicted molar refractivity (Wildman–Crippen MR) is 43.5 cm³/mol. The van der Waals surface area contributed by atoms with Crippen LogP contribution >= 0.6 is 0 Å². The Morgan fingerprint density at radius 1 is 1.20 bits per heavy atom. The van der Waals surface area contributed by atoms with Crippen molar-refractivity contribution < 1.29 is 0 Å². The van der Waals surface area contributed by atoms with Gasteiger partial charge < -0.3 is 0 Å². The summed E-state index contributed by atoms with van der Waals surface area (Å²) < 4.78 is 0. The van der Waals surface area contributed by atoms with E-state index in [1.807, 2.05) is 5.92 Å². The lowest BCUT2D eigenvalue weighted by molar-refractivity contribution is 0.580. The van der Waals surface area contributed by atoms with E-state index in [2.05, 4.69) is 27.7 Å². The second-order valence-corrected chi connectivity index (χ2v) is 4.82. The van der Waals surface area contributed by atoms with Crippen LogP contribution in [0.2, 0.25) is 0 Å². The van der Waals surface area contributed by atoms with E-state index < -0.39 is 0 Å². The minimum atomic E-state index is 0.675. The fourth-order valence-corrected chi connectivity index (χ4v) is 2.27. The first kappa shape index (κ1) is 6.69. The zero-order chi connectivity index (χ0) is 7.52. The van der Waals surface area contributed by atoms with E-state index in [-0.39, 0.29) is 0 Å². The van der Waals surface area contributed by atoms with Gasteiger partial charge in [-0.2, -0.15) is 0 Å². The van der Waals surface area contributed by atoms with Gasteiger partial charge in [-0.15, -0.1) is 0 Å². The summed E-state index contributed by atoms with van der Waals surface area (Å²) in [6.07, 6.45) is 1.46. The van der Waals surface area contributed by atoms with Gasteiger partial charge in [0, 0.05) is 0 Å². The predicted octanol–water partition coefficient (Wildman–Crippen LogP) is 2.89. The molecule has 0 spiro atoms. The molecule has 57 valence electrons. The van der Waals surface area contributed by atoms with E-state index in [9.17, 15) is 0 Å². The fraction of sp³-hybridized carbons (Fsp3) is 0.900. The molecule has 2 aliphatic carbocycles. The van der Waals surface area contributed by atoms with Crippen molar-refractivity contribution in [3.8, 4) is 0 Å². The van der Waals surface area contributed by atoms with Gasteiger partial charge in [-0.1, -0.05) is 27.7 Å². The zero-order valence-electron chi connectivity index (χ0n) is 7.44. The summed E-state index contributed by atoms with van der Waals surface area (Å²) in [5.41, 5.74) is 0.675. The fourth-order valence-electron chi connectivity index (χ4n) is 2.27. The molecule has 0 amide bonds. The maximum Gasteiger partial charge on any atom is -0.0142 e. The van der Waals surface area contributed by atoms with E-state index >= 15 is 0 Å². The average molecular weight is 137 g/mol. The quantitative estimate of drug-likeness (QED) is 0.521. The molecule has 0 aromatic rings. The Morgan fingerprint density at radius 3 is 1.70 bits per heavy atom. The molecule has 0 heterocycles. The largest absolute Gasteiger partial charge is 0.0617 e. The highest BCUT2D eigenvalue weighted by molar-refractivity contribution is 5.29. The van der Waals surface area contributed by atoms with Crippen LogP contribution in [0.4, 0.5) is 0 Å². The van der Waals surface area contributed by atoms with Crippen molar-refractivity contribution >= 4 is 0 Å². The SMILES string of the molecule is CC1[C](C2CC2(C)C)C1C. The van der Waals surface area contributed by atoms with Crippen molar-refractivity contribution in [3.63, 3.8) is 0 Å². The first-order valence-corrected chi connectivity index (χ1v) is 4.40. The summed E-state index contributed by atoms with van der Waals surface area (Å²) in [5.74, 6) is 4.76. The van der Waals surface area contributed by atoms with Crippen molar-refractivity contribution in [2.75, 3.05) is 0 Å². The summed E-state index contributed by atoms with van der Waals surface area (Å²) in [7, 11) is 0. The van der Waals surface area contributed by atoms with E-state index in [1.165, 1.54) is 6.42 Å². The summed E-state index contributed by atoms with van der Waals surface area (Å²) in [5, 5.41) is 0. The monoisotopic (exact) mass is 137 g/mol. The smallest absolute Gasteiger partial charge is 0.0142 e. The van der Waals surface area contributed by atoms with Crippen LogP contribution in [0, 0.1) is 29.1 Å². The van der Waals surface area contributed by atoms with Crippen molar-refractivity contribution in [2.24, 2.45) is 23.2 Å². The van der Waals surface area contributed by atoms with Crippen LogP contribution < -0.4 is 0 Å². The molecular weight excluding hydrogens is 120 g/mol. The first-order valence-electron chi connectivity index (χ1n) is 4.40. The minimum absolute atomic E-state index is 0.675. The van der Waals surface area contributed by atoms with Crippen LogP contribution in [0.3, 0.4) is 0 Å². The molecular formula is C10H17. The molecule has 2 aliphatic rings. The molecule has 10 heavy (non-hydrogen) atoms. The number of hydrogen-bond donors (Lipinski definition) is 0. The van der Waals surface area contributed by atoms with Crippen LogP contribution in [0.1, 0.15) is 34.1 Å². The Labute approximate surface area is 64.0 Å². The molecule has 1 radical (unpaired) electrons. The standard InChI is InChI=1S/C10H17/c1-6-7(2)9(6)8-5-10(8,3)4/h6-8H,5H2,1-4H3. The van der Waals surface area contributed by atoms with Crippen LogP contribution in [0.25, 0.3) is 0 Å². The van der Waals surface area contributed by atoms with Gasteiger partial charge in [-0.25, -0.2) is 0 Å². The van der Waals surface area contributed by atoms with Crippen LogP contribution in [-0.4, -0.2) is 0 Å². The van der Waals surface area contributed by atoms with E-state index in [0.29, 0.717) is 5.41 Å². The van der Waals surface area contributed by atoms with Gasteiger partial charge in [0.25, 0.3) is 0 Å². The molecule has 0 aromatic heterocycles. The molecule has 0 aliphatic heterocycles. The Balaban J connectivity index is 1.95. The van der Waals surface area contributed by atoms with Crippen LogP contribution in [0.15, 0.2) is 0 Å². The lowest BCUT2D eigenvalue weighted by atomic mass is 10.1. The van der Waals surface area contributed by atoms with Crippen molar-refractivity contribution in [1.82, 2.24) is 0 Å². The van der Waals surface area contributed by atoms with E-state index in [4.69, 9.17) is 0 Å². The Kier molecular flexibility index (Phi) is 1.07. The van der Waals surface area contributed by atoms with Gasteiger partial charge >= 0.3 is 0 Å². The molecule has 2 rings (SSSR count). The lowest BCUT2D eigenvalue weighted by Crippen LogP contribution is -1.91. The average Bonchev–Trinajstić information content (AvgIpc) is 2.55. The molecule has 0 aromatic carbocycles. The Bertz CT molecular complexity index is 149. The molecule has 2 fully saturated rings. The van der Waals surface area contributed by atoms with Crippen LogP contribution in [-0.2, 0) is 0 Å².